The lowest BCUT2D eigenvalue weighted by Gasteiger charge is -2.16. The maximum atomic E-state index is 5.67. The quantitative estimate of drug-likeness (QED) is 0.350. The van der Waals surface area contributed by atoms with E-state index in [1.165, 1.54) is 0 Å². The summed E-state index contributed by atoms with van der Waals surface area (Å²) in [6, 6.07) is 8.38. The van der Waals surface area contributed by atoms with Crippen LogP contribution < -0.4 is 15.4 Å². The number of nitrogens with zero attached hydrogens (tertiary/aromatic N) is 1. The molecule has 2 N–H and O–H groups in total. The summed E-state index contributed by atoms with van der Waals surface area (Å²) in [4.78, 5) is 4.22. The molecule has 0 aliphatic heterocycles. The first-order valence-electron chi connectivity index (χ1n) is 7.64. The van der Waals surface area contributed by atoms with Crippen LogP contribution in [0.1, 0.15) is 18.4 Å². The maximum absolute atomic E-state index is 5.67. The van der Waals surface area contributed by atoms with Crippen molar-refractivity contribution in [2.24, 2.45) is 4.99 Å². The molecule has 0 heterocycles. The summed E-state index contributed by atoms with van der Waals surface area (Å²) in [5.74, 6) is 1.69. The number of hydrogen-bond donors (Lipinski definition) is 2. The predicted octanol–water partition coefficient (Wildman–Crippen LogP) is 2.10. The normalized spacial score (nSPS) is 15.1. The van der Waals surface area contributed by atoms with Crippen LogP contribution in [-0.4, -0.2) is 39.3 Å². The molecule has 0 unspecified atom stereocenters. The fourth-order valence-electron chi connectivity index (χ4n) is 2.32. The van der Waals surface area contributed by atoms with Crippen molar-refractivity contribution >= 4 is 5.96 Å². The van der Waals surface area contributed by atoms with E-state index in [2.05, 4.69) is 27.8 Å². The number of methoxy groups -OCH3 is 1. The molecule has 1 aliphatic carbocycles. The van der Waals surface area contributed by atoms with Crippen molar-refractivity contribution in [1.82, 2.24) is 10.6 Å². The summed E-state index contributed by atoms with van der Waals surface area (Å²) in [6.07, 6.45) is 6.52. The van der Waals surface area contributed by atoms with E-state index in [0.29, 0.717) is 19.3 Å². The van der Waals surface area contributed by atoms with E-state index in [1.807, 2.05) is 24.3 Å². The Morgan fingerprint density at radius 1 is 1.32 bits per heavy atom. The molecule has 22 heavy (non-hydrogen) atoms. The van der Waals surface area contributed by atoms with Gasteiger partial charge in [0.15, 0.2) is 5.96 Å². The topological polar surface area (TPSA) is 54.9 Å². The van der Waals surface area contributed by atoms with Gasteiger partial charge in [0.25, 0.3) is 0 Å². The van der Waals surface area contributed by atoms with Crippen LogP contribution in [0.15, 0.2) is 41.4 Å². The van der Waals surface area contributed by atoms with Crippen molar-refractivity contribution in [3.05, 3.63) is 42.0 Å². The standard InChI is InChI=1S/C17H25N3O2/c1-18-17(20-15-7-3-4-8-15)19-10-11-22-13-14-6-5-9-16(12-14)21-2/h3-6,9,12,15H,7-8,10-11,13H2,1-2H3,(H2,18,19,20). The maximum Gasteiger partial charge on any atom is 0.191 e. The van der Waals surface area contributed by atoms with Gasteiger partial charge in [0.1, 0.15) is 5.75 Å². The van der Waals surface area contributed by atoms with Gasteiger partial charge in [0.05, 0.1) is 20.3 Å². The molecule has 0 saturated heterocycles. The molecule has 1 aromatic rings. The summed E-state index contributed by atoms with van der Waals surface area (Å²) in [5, 5.41) is 6.66. The van der Waals surface area contributed by atoms with Crippen LogP contribution in [0.25, 0.3) is 0 Å². The van der Waals surface area contributed by atoms with E-state index in [1.54, 1.807) is 14.2 Å². The third kappa shape index (κ3) is 5.41. The van der Waals surface area contributed by atoms with Gasteiger partial charge in [-0.3, -0.25) is 4.99 Å². The van der Waals surface area contributed by atoms with Gasteiger partial charge in [-0.1, -0.05) is 24.3 Å². The highest BCUT2D eigenvalue weighted by Crippen LogP contribution is 2.13. The second kappa shape index (κ2) is 9.10. The number of nitrogens with one attached hydrogen (secondary N) is 2. The summed E-state index contributed by atoms with van der Waals surface area (Å²) in [6.45, 7) is 1.93. The minimum atomic E-state index is 0.462. The Balaban J connectivity index is 1.61. The molecule has 2 rings (SSSR count). The van der Waals surface area contributed by atoms with Crippen molar-refractivity contribution in [2.75, 3.05) is 27.3 Å². The number of hydrogen-bond acceptors (Lipinski definition) is 3. The molecule has 5 nitrogen and oxygen atoms in total. The highest BCUT2D eigenvalue weighted by Gasteiger charge is 2.11. The average molecular weight is 303 g/mol. The molecule has 0 spiro atoms. The van der Waals surface area contributed by atoms with E-state index >= 15 is 0 Å². The van der Waals surface area contributed by atoms with Gasteiger partial charge in [-0.25, -0.2) is 0 Å². The Labute approximate surface area is 132 Å². The Morgan fingerprint density at radius 2 is 2.14 bits per heavy atom. The fraction of sp³-hybridized carbons (Fsp3) is 0.471. The van der Waals surface area contributed by atoms with Gasteiger partial charge in [-0.2, -0.15) is 0 Å². The third-order valence-electron chi connectivity index (χ3n) is 3.51. The number of ether oxygens (including phenoxy) is 2. The van der Waals surface area contributed by atoms with Gasteiger partial charge in [-0.15, -0.1) is 0 Å². The molecule has 5 heteroatoms. The average Bonchev–Trinajstić information content (AvgIpc) is 3.06. The SMILES string of the molecule is CN=C(NCCOCc1cccc(OC)c1)NC1CC=CC1. The number of benzene rings is 1. The Morgan fingerprint density at radius 3 is 2.86 bits per heavy atom. The van der Waals surface area contributed by atoms with Crippen LogP contribution in [0.4, 0.5) is 0 Å². The van der Waals surface area contributed by atoms with Crippen LogP contribution >= 0.6 is 0 Å². The van der Waals surface area contributed by atoms with Crippen LogP contribution in [-0.2, 0) is 11.3 Å². The molecule has 0 bridgehead atoms. The van der Waals surface area contributed by atoms with Gasteiger partial charge in [0.2, 0.25) is 0 Å². The molecule has 1 aliphatic rings. The Hall–Kier alpha value is -2.01. The van der Waals surface area contributed by atoms with E-state index in [0.717, 1.165) is 36.7 Å². The Bertz CT molecular complexity index is 506. The number of rotatable bonds is 7. The summed E-state index contributed by atoms with van der Waals surface area (Å²) in [5.41, 5.74) is 1.11. The summed E-state index contributed by atoms with van der Waals surface area (Å²) >= 11 is 0. The molecule has 0 radical (unpaired) electrons. The zero-order valence-electron chi connectivity index (χ0n) is 13.3. The van der Waals surface area contributed by atoms with Crippen LogP contribution in [0.2, 0.25) is 0 Å². The molecule has 0 fully saturated rings. The van der Waals surface area contributed by atoms with E-state index < -0.39 is 0 Å². The summed E-state index contributed by atoms with van der Waals surface area (Å²) < 4.78 is 10.9. The first kappa shape index (κ1) is 16.4. The molecule has 0 atom stereocenters. The van der Waals surface area contributed by atoms with Crippen molar-refractivity contribution in [3.8, 4) is 5.75 Å². The van der Waals surface area contributed by atoms with Crippen molar-refractivity contribution in [2.45, 2.75) is 25.5 Å². The van der Waals surface area contributed by atoms with Gasteiger partial charge >= 0.3 is 0 Å². The zero-order valence-corrected chi connectivity index (χ0v) is 13.3. The molecule has 0 saturated carbocycles. The van der Waals surface area contributed by atoms with Gasteiger partial charge < -0.3 is 20.1 Å². The molecular weight excluding hydrogens is 278 g/mol. The molecule has 0 aromatic heterocycles. The van der Waals surface area contributed by atoms with Gasteiger partial charge in [-0.05, 0) is 30.5 Å². The second-order valence-corrected chi connectivity index (χ2v) is 5.19. The molecular formula is C17H25N3O2. The van der Waals surface area contributed by atoms with Crippen LogP contribution in [0.3, 0.4) is 0 Å². The monoisotopic (exact) mass is 303 g/mol. The Kier molecular flexibility index (Phi) is 6.77. The van der Waals surface area contributed by atoms with E-state index in [-0.39, 0.29) is 0 Å². The number of aliphatic imine (C=N–C) groups is 1. The summed E-state index contributed by atoms with van der Waals surface area (Å²) in [7, 11) is 3.46. The minimum Gasteiger partial charge on any atom is -0.497 e. The molecule has 0 amide bonds. The van der Waals surface area contributed by atoms with Crippen LogP contribution in [0, 0.1) is 0 Å². The van der Waals surface area contributed by atoms with Crippen molar-refractivity contribution in [1.29, 1.82) is 0 Å². The first-order chi connectivity index (χ1) is 10.8. The fourth-order valence-corrected chi connectivity index (χ4v) is 2.32. The van der Waals surface area contributed by atoms with Gasteiger partial charge in [0, 0.05) is 19.6 Å². The molecule has 120 valence electrons. The molecule has 1 aromatic carbocycles. The predicted molar refractivity (Wildman–Crippen MR) is 89.3 cm³/mol. The lowest BCUT2D eigenvalue weighted by Crippen LogP contribution is -2.43. The lowest BCUT2D eigenvalue weighted by molar-refractivity contribution is 0.125. The highest BCUT2D eigenvalue weighted by molar-refractivity contribution is 5.80. The number of guanidine groups is 1. The van der Waals surface area contributed by atoms with Crippen molar-refractivity contribution < 1.29 is 9.47 Å². The largest absolute Gasteiger partial charge is 0.497 e. The highest BCUT2D eigenvalue weighted by atomic mass is 16.5. The second-order valence-electron chi connectivity index (χ2n) is 5.19. The van der Waals surface area contributed by atoms with E-state index in [9.17, 15) is 0 Å². The van der Waals surface area contributed by atoms with E-state index in [4.69, 9.17) is 9.47 Å². The minimum absolute atomic E-state index is 0.462. The zero-order chi connectivity index (χ0) is 15.6. The first-order valence-corrected chi connectivity index (χ1v) is 7.64. The smallest absolute Gasteiger partial charge is 0.191 e. The lowest BCUT2D eigenvalue weighted by atomic mass is 10.2. The van der Waals surface area contributed by atoms with Crippen LogP contribution in [0.5, 0.6) is 5.75 Å². The third-order valence-corrected chi connectivity index (χ3v) is 3.51. The van der Waals surface area contributed by atoms with Crippen molar-refractivity contribution in [3.63, 3.8) is 0 Å².